The van der Waals surface area contributed by atoms with Gasteiger partial charge in [0.25, 0.3) is 5.91 Å². The van der Waals surface area contributed by atoms with Crippen LogP contribution in [-0.2, 0) is 11.2 Å². The van der Waals surface area contributed by atoms with E-state index in [2.05, 4.69) is 15.3 Å². The number of pyridine rings is 1. The molecule has 0 fully saturated rings. The van der Waals surface area contributed by atoms with E-state index in [1.807, 2.05) is 0 Å². The van der Waals surface area contributed by atoms with Crippen molar-refractivity contribution in [2.75, 3.05) is 6.54 Å². The zero-order valence-corrected chi connectivity index (χ0v) is 17.5. The van der Waals surface area contributed by atoms with E-state index in [4.69, 9.17) is 21.5 Å². The smallest absolute Gasteiger partial charge is 0.475 e. The minimum atomic E-state index is -5.08. The molecule has 0 spiro atoms. The molecule has 172 valence electrons. The molecule has 6 nitrogen and oxygen atoms in total. The number of aromatic nitrogens is 2. The third kappa shape index (κ3) is 5.98. The van der Waals surface area contributed by atoms with Crippen LogP contribution in [0.1, 0.15) is 27.3 Å². The summed E-state index contributed by atoms with van der Waals surface area (Å²) in [5.74, 6) is -3.32. The number of halogens is 5. The Balaban J connectivity index is 0.000000383. The van der Waals surface area contributed by atoms with Crippen molar-refractivity contribution in [2.24, 2.45) is 0 Å². The number of nitrogens with zero attached hydrogens (tertiary/aromatic N) is 1. The average molecular weight is 482 g/mol. The number of H-pyrrole nitrogens is 1. The van der Waals surface area contributed by atoms with E-state index < -0.39 is 18.0 Å². The first kappa shape index (κ1) is 24.0. The van der Waals surface area contributed by atoms with Crippen molar-refractivity contribution in [3.63, 3.8) is 0 Å². The number of nitrogens with one attached hydrogen (secondary N) is 2. The van der Waals surface area contributed by atoms with Gasteiger partial charge in [0, 0.05) is 41.1 Å². The van der Waals surface area contributed by atoms with Crippen LogP contribution in [0.2, 0.25) is 5.02 Å². The fourth-order valence-electron chi connectivity index (χ4n) is 2.98. The van der Waals surface area contributed by atoms with Crippen LogP contribution >= 0.6 is 11.6 Å². The van der Waals surface area contributed by atoms with Crippen LogP contribution in [0.5, 0.6) is 0 Å². The van der Waals surface area contributed by atoms with Crippen LogP contribution < -0.4 is 5.32 Å². The lowest BCUT2D eigenvalue weighted by Gasteiger charge is -2.10. The van der Waals surface area contributed by atoms with E-state index in [0.717, 1.165) is 23.4 Å². The van der Waals surface area contributed by atoms with Crippen LogP contribution in [0.3, 0.4) is 0 Å². The summed E-state index contributed by atoms with van der Waals surface area (Å²) in [7, 11) is 0. The molecule has 0 unspecified atom stereocenters. The number of amides is 1. The first-order valence-electron chi connectivity index (χ1n) is 9.45. The van der Waals surface area contributed by atoms with Crippen LogP contribution in [0.4, 0.5) is 17.6 Å². The van der Waals surface area contributed by atoms with Crippen molar-refractivity contribution in [2.45, 2.75) is 12.6 Å². The Morgan fingerprint density at radius 3 is 2.52 bits per heavy atom. The number of carboxylic acid groups (broad SMARTS) is 1. The second kappa shape index (κ2) is 9.86. The molecule has 0 saturated carbocycles. The highest BCUT2D eigenvalue weighted by Gasteiger charge is 2.38. The molecule has 0 radical (unpaired) electrons. The monoisotopic (exact) mass is 481 g/mol. The quantitative estimate of drug-likeness (QED) is 0.453. The van der Waals surface area contributed by atoms with Gasteiger partial charge in [-0.2, -0.15) is 13.2 Å². The Kier molecular flexibility index (Phi) is 7.17. The highest BCUT2D eigenvalue weighted by molar-refractivity contribution is 6.32. The fourth-order valence-corrected chi connectivity index (χ4v) is 3.17. The molecular formula is C22H16ClF4N3O3. The number of fused-ring (bicyclic) bond motifs is 1. The second-order valence-electron chi connectivity index (χ2n) is 6.83. The topological polar surface area (TPSA) is 95.1 Å². The maximum absolute atomic E-state index is 14.7. The van der Waals surface area contributed by atoms with Gasteiger partial charge < -0.3 is 15.4 Å². The van der Waals surface area contributed by atoms with Crippen LogP contribution in [0.15, 0.2) is 48.7 Å². The third-order valence-corrected chi connectivity index (χ3v) is 4.89. The van der Waals surface area contributed by atoms with E-state index >= 15 is 0 Å². The SMILES string of the molecule is O=C(O)C(F)(F)F.O=C1NCCc2[nH]c(-c3ccnc(/C(F)=C/c4ccccc4Cl)c3)cc21. The Morgan fingerprint density at radius 1 is 1.18 bits per heavy atom. The molecule has 0 bridgehead atoms. The number of alkyl halides is 3. The number of carbonyl (C=O) groups excluding carboxylic acids is 1. The lowest BCUT2D eigenvalue weighted by atomic mass is 10.1. The Morgan fingerprint density at radius 2 is 1.88 bits per heavy atom. The van der Waals surface area contributed by atoms with Gasteiger partial charge in [0.1, 0.15) is 5.83 Å². The third-order valence-electron chi connectivity index (χ3n) is 4.55. The number of carbonyl (C=O) groups is 2. The first-order valence-corrected chi connectivity index (χ1v) is 9.83. The summed E-state index contributed by atoms with van der Waals surface area (Å²) in [5.41, 5.74) is 3.86. The van der Waals surface area contributed by atoms with Gasteiger partial charge in [0.2, 0.25) is 0 Å². The van der Waals surface area contributed by atoms with Crippen molar-refractivity contribution in [3.8, 4) is 11.3 Å². The average Bonchev–Trinajstić information content (AvgIpc) is 3.21. The summed E-state index contributed by atoms with van der Waals surface area (Å²) >= 11 is 6.08. The van der Waals surface area contributed by atoms with E-state index in [1.54, 1.807) is 48.7 Å². The number of hydrogen-bond donors (Lipinski definition) is 3. The van der Waals surface area contributed by atoms with E-state index in [0.29, 0.717) is 22.7 Å². The van der Waals surface area contributed by atoms with Gasteiger partial charge in [-0.3, -0.25) is 9.78 Å². The molecule has 1 aliphatic heterocycles. The van der Waals surface area contributed by atoms with E-state index in [9.17, 15) is 22.4 Å². The fraction of sp³-hybridized carbons (Fsp3) is 0.136. The highest BCUT2D eigenvalue weighted by Crippen LogP contribution is 2.28. The molecule has 1 amide bonds. The summed E-state index contributed by atoms with van der Waals surface area (Å²) in [6.07, 6.45) is -1.42. The van der Waals surface area contributed by atoms with Crippen molar-refractivity contribution in [3.05, 3.63) is 76.2 Å². The maximum Gasteiger partial charge on any atom is 0.490 e. The van der Waals surface area contributed by atoms with E-state index in [1.165, 1.54) is 6.08 Å². The minimum absolute atomic E-state index is 0.0900. The van der Waals surface area contributed by atoms with E-state index in [-0.39, 0.29) is 11.6 Å². The first-order chi connectivity index (χ1) is 15.6. The normalized spacial score (nSPS) is 13.5. The molecule has 2 aromatic heterocycles. The molecule has 3 N–H and O–H groups in total. The van der Waals surface area contributed by atoms with Gasteiger partial charge in [0.05, 0.1) is 11.3 Å². The zero-order chi connectivity index (χ0) is 24.2. The Bertz CT molecular complexity index is 1220. The predicted octanol–water partition coefficient (Wildman–Crippen LogP) is 5.12. The van der Waals surface area contributed by atoms with Gasteiger partial charge in [-0.15, -0.1) is 0 Å². The molecule has 33 heavy (non-hydrogen) atoms. The van der Waals surface area contributed by atoms with Gasteiger partial charge in [-0.1, -0.05) is 29.8 Å². The summed E-state index contributed by atoms with van der Waals surface area (Å²) < 4.78 is 46.4. The van der Waals surface area contributed by atoms with Crippen LogP contribution in [-0.4, -0.2) is 39.7 Å². The number of carboxylic acids is 1. The molecule has 11 heteroatoms. The predicted molar refractivity (Wildman–Crippen MR) is 114 cm³/mol. The van der Waals surface area contributed by atoms with Gasteiger partial charge in [-0.25, -0.2) is 9.18 Å². The van der Waals surface area contributed by atoms with Gasteiger partial charge in [-0.05, 0) is 35.9 Å². The minimum Gasteiger partial charge on any atom is -0.475 e. The summed E-state index contributed by atoms with van der Waals surface area (Å²) in [6, 6.07) is 12.3. The zero-order valence-electron chi connectivity index (χ0n) is 16.7. The second-order valence-corrected chi connectivity index (χ2v) is 7.23. The lowest BCUT2D eigenvalue weighted by Crippen LogP contribution is -2.31. The largest absolute Gasteiger partial charge is 0.490 e. The van der Waals surface area contributed by atoms with Gasteiger partial charge >= 0.3 is 12.1 Å². The summed E-state index contributed by atoms with van der Waals surface area (Å²) in [5, 5.41) is 10.4. The molecule has 3 aromatic rings. The Labute approximate surface area is 189 Å². The number of hydrogen-bond acceptors (Lipinski definition) is 3. The number of benzene rings is 1. The van der Waals surface area contributed by atoms with Crippen molar-refractivity contribution >= 4 is 35.4 Å². The molecule has 4 rings (SSSR count). The number of rotatable bonds is 3. The lowest BCUT2D eigenvalue weighted by molar-refractivity contribution is -0.192. The number of aliphatic carboxylic acids is 1. The number of aromatic amines is 1. The summed E-state index contributed by atoms with van der Waals surface area (Å²) in [6.45, 7) is 0.614. The van der Waals surface area contributed by atoms with Crippen molar-refractivity contribution in [1.82, 2.24) is 15.3 Å². The Hall–Kier alpha value is -3.66. The molecule has 0 saturated heterocycles. The van der Waals surface area contributed by atoms with Crippen molar-refractivity contribution < 1.29 is 32.3 Å². The van der Waals surface area contributed by atoms with Crippen LogP contribution in [0, 0.1) is 0 Å². The molecule has 0 aliphatic carbocycles. The standard InChI is InChI=1S/C20H15ClFN3O.C2HF3O2/c21-15-4-2-1-3-12(15)9-16(22)19-10-13(5-7-23-19)18-11-14-17(25-18)6-8-24-20(14)26;3-2(4,5)1(6)7/h1-5,7,9-11,25H,6,8H2,(H,24,26);(H,6,7)/b16-9-;. The molecular weight excluding hydrogens is 466 g/mol. The van der Waals surface area contributed by atoms with Crippen LogP contribution in [0.25, 0.3) is 23.2 Å². The molecule has 1 aromatic carbocycles. The molecule has 3 heterocycles. The van der Waals surface area contributed by atoms with Gasteiger partial charge in [0.15, 0.2) is 0 Å². The highest BCUT2D eigenvalue weighted by atomic mass is 35.5. The summed E-state index contributed by atoms with van der Waals surface area (Å²) in [4.78, 5) is 28.2. The molecule has 1 aliphatic rings. The maximum atomic E-state index is 14.7. The van der Waals surface area contributed by atoms with Crippen molar-refractivity contribution in [1.29, 1.82) is 0 Å². The molecule has 0 atom stereocenters.